The molecule has 2 unspecified atom stereocenters. The van der Waals surface area contributed by atoms with Gasteiger partial charge < -0.3 is 24.8 Å². The number of benzene rings is 1. The first-order chi connectivity index (χ1) is 14.8. The van der Waals surface area contributed by atoms with E-state index in [2.05, 4.69) is 22.2 Å². The molecule has 1 aliphatic carbocycles. The number of nitrogens with one attached hydrogen (secondary N) is 1. The van der Waals surface area contributed by atoms with Crippen LogP contribution in [0.4, 0.5) is 14.9 Å². The number of ether oxygens (including phenoxy) is 2. The van der Waals surface area contributed by atoms with Gasteiger partial charge in [-0.3, -0.25) is 14.5 Å². The molecule has 9 nitrogen and oxygen atoms in total. The highest BCUT2D eigenvalue weighted by molar-refractivity contribution is 5.93. The van der Waals surface area contributed by atoms with Gasteiger partial charge in [0, 0.05) is 26.1 Å². The van der Waals surface area contributed by atoms with E-state index >= 15 is 4.39 Å². The molecule has 1 aromatic carbocycles. The van der Waals surface area contributed by atoms with Gasteiger partial charge in [-0.25, -0.2) is 9.18 Å². The van der Waals surface area contributed by atoms with Gasteiger partial charge in [-0.1, -0.05) is 24.3 Å². The molecule has 1 aromatic heterocycles. The SMILES string of the molecule is CNC12C=CC=CC1CN(c1c(F)cc3c(=O)c(OC(=O)O)cn4c3c1OCN4C)C2. The van der Waals surface area contributed by atoms with Crippen LogP contribution in [0, 0.1) is 11.7 Å². The van der Waals surface area contributed by atoms with Crippen LogP contribution in [0.5, 0.6) is 11.5 Å². The molecule has 0 saturated carbocycles. The average Bonchev–Trinajstić information content (AvgIpc) is 3.12. The standard InChI is InChI=1S/C21H21FN4O5/c1-23-21-6-4-3-5-12(21)8-25(10-21)17-14(22)7-13-16-19(17)30-11-24(2)26(16)9-15(18(13)27)31-20(28)29/h3-7,9,12,23H,8,10-11H2,1-2H3,(H,28,29). The molecule has 31 heavy (non-hydrogen) atoms. The molecule has 5 rings (SSSR count). The Morgan fingerprint density at radius 1 is 1.42 bits per heavy atom. The summed E-state index contributed by atoms with van der Waals surface area (Å²) in [4.78, 5) is 25.7. The number of anilines is 1. The first-order valence-corrected chi connectivity index (χ1v) is 9.81. The third kappa shape index (κ3) is 2.78. The molecule has 0 bridgehead atoms. The third-order valence-electron chi connectivity index (χ3n) is 6.24. The van der Waals surface area contributed by atoms with Crippen molar-refractivity contribution in [2.75, 3.05) is 43.8 Å². The van der Waals surface area contributed by atoms with Crippen LogP contribution in [0.15, 0.2) is 41.4 Å². The summed E-state index contributed by atoms with van der Waals surface area (Å²) in [7, 11) is 3.59. The summed E-state index contributed by atoms with van der Waals surface area (Å²) in [5.74, 6) is -0.612. The largest absolute Gasteiger partial charge is 0.511 e. The fourth-order valence-corrected chi connectivity index (χ4v) is 4.71. The molecule has 2 atom stereocenters. The lowest BCUT2D eigenvalue weighted by molar-refractivity contribution is 0.143. The number of pyridine rings is 1. The van der Waals surface area contributed by atoms with Crippen LogP contribution < -0.4 is 30.1 Å². The van der Waals surface area contributed by atoms with Gasteiger partial charge in [0.2, 0.25) is 11.2 Å². The van der Waals surface area contributed by atoms with Crippen molar-refractivity contribution in [2.45, 2.75) is 5.54 Å². The van der Waals surface area contributed by atoms with Crippen molar-refractivity contribution in [3.63, 3.8) is 0 Å². The van der Waals surface area contributed by atoms with Gasteiger partial charge in [-0.2, -0.15) is 0 Å². The van der Waals surface area contributed by atoms with E-state index in [0.717, 1.165) is 6.07 Å². The lowest BCUT2D eigenvalue weighted by Gasteiger charge is -2.34. The van der Waals surface area contributed by atoms with Crippen molar-refractivity contribution in [2.24, 2.45) is 5.92 Å². The molecule has 0 amide bonds. The van der Waals surface area contributed by atoms with Gasteiger partial charge in [0.1, 0.15) is 11.2 Å². The lowest BCUT2D eigenvalue weighted by atomic mass is 9.84. The molecular formula is C21H21FN4O5. The summed E-state index contributed by atoms with van der Waals surface area (Å²) in [5.41, 5.74) is -0.390. The first-order valence-electron chi connectivity index (χ1n) is 9.81. The van der Waals surface area contributed by atoms with Crippen molar-refractivity contribution in [1.82, 2.24) is 9.99 Å². The van der Waals surface area contributed by atoms with Gasteiger partial charge in [-0.05, 0) is 13.1 Å². The maximum Gasteiger partial charge on any atom is 0.511 e. The van der Waals surface area contributed by atoms with E-state index in [1.807, 2.05) is 24.1 Å². The molecule has 2 aromatic rings. The minimum absolute atomic E-state index is 0.0127. The van der Waals surface area contributed by atoms with Crippen LogP contribution in [-0.2, 0) is 0 Å². The molecule has 3 aliphatic rings. The Bertz CT molecular complexity index is 1220. The highest BCUT2D eigenvalue weighted by Crippen LogP contribution is 2.44. The molecule has 0 radical (unpaired) electrons. The number of hydrogen-bond acceptors (Lipinski definition) is 7. The number of fused-ring (bicyclic) bond motifs is 1. The number of carbonyl (C=O) groups is 1. The lowest BCUT2D eigenvalue weighted by Crippen LogP contribution is -2.48. The zero-order valence-electron chi connectivity index (χ0n) is 17.0. The monoisotopic (exact) mass is 428 g/mol. The van der Waals surface area contributed by atoms with Crippen molar-refractivity contribution >= 4 is 22.7 Å². The van der Waals surface area contributed by atoms with E-state index in [1.165, 1.54) is 6.20 Å². The number of rotatable bonds is 3. The second-order valence-corrected chi connectivity index (χ2v) is 7.92. The minimum Gasteiger partial charge on any atom is -0.467 e. The minimum atomic E-state index is -1.62. The van der Waals surface area contributed by atoms with Crippen LogP contribution in [-0.4, -0.2) is 55.4 Å². The summed E-state index contributed by atoms with van der Waals surface area (Å²) < 4.78 is 27.5. The normalized spacial score (nSPS) is 23.8. The Kier molecular flexibility index (Phi) is 4.23. The average molecular weight is 428 g/mol. The fourth-order valence-electron chi connectivity index (χ4n) is 4.71. The molecule has 1 saturated heterocycles. The maximum atomic E-state index is 15.5. The highest BCUT2D eigenvalue weighted by atomic mass is 19.1. The Hall–Kier alpha value is -3.53. The Labute approximate surface area is 176 Å². The van der Waals surface area contributed by atoms with Gasteiger partial charge in [0.25, 0.3) is 0 Å². The maximum absolute atomic E-state index is 15.5. The van der Waals surface area contributed by atoms with Crippen LogP contribution in [0.1, 0.15) is 0 Å². The van der Waals surface area contributed by atoms with Gasteiger partial charge in [0.05, 0.1) is 17.1 Å². The predicted molar refractivity (Wildman–Crippen MR) is 112 cm³/mol. The first kappa shape index (κ1) is 19.4. The molecule has 3 heterocycles. The number of nitrogens with zero attached hydrogens (tertiary/aromatic N) is 3. The fraction of sp³-hybridized carbons (Fsp3) is 0.333. The Balaban J connectivity index is 1.71. The van der Waals surface area contributed by atoms with Crippen LogP contribution >= 0.6 is 0 Å². The van der Waals surface area contributed by atoms with Gasteiger partial charge >= 0.3 is 6.16 Å². The van der Waals surface area contributed by atoms with Crippen LogP contribution in [0.3, 0.4) is 0 Å². The predicted octanol–water partition coefficient (Wildman–Crippen LogP) is 1.64. The van der Waals surface area contributed by atoms with E-state index < -0.39 is 23.2 Å². The molecule has 2 N–H and O–H groups in total. The third-order valence-corrected chi connectivity index (χ3v) is 6.24. The van der Waals surface area contributed by atoms with E-state index in [9.17, 15) is 9.59 Å². The van der Waals surface area contributed by atoms with Crippen molar-refractivity contribution < 1.29 is 23.8 Å². The molecular weight excluding hydrogens is 407 g/mol. The topological polar surface area (TPSA) is 96.3 Å². The molecule has 2 aliphatic heterocycles. The number of carboxylic acid groups (broad SMARTS) is 1. The summed E-state index contributed by atoms with van der Waals surface area (Å²) in [6.07, 6.45) is 7.82. The van der Waals surface area contributed by atoms with Crippen LogP contribution in [0.2, 0.25) is 0 Å². The quantitative estimate of drug-likeness (QED) is 0.713. The highest BCUT2D eigenvalue weighted by Gasteiger charge is 2.45. The number of allylic oxidation sites excluding steroid dienone is 2. The number of halogens is 1. The summed E-state index contributed by atoms with van der Waals surface area (Å²) in [6, 6.07) is 1.13. The Morgan fingerprint density at radius 3 is 2.94 bits per heavy atom. The van der Waals surface area contributed by atoms with Gasteiger partial charge in [-0.15, -0.1) is 0 Å². The van der Waals surface area contributed by atoms with Gasteiger partial charge in [0.15, 0.2) is 18.3 Å². The van der Waals surface area contributed by atoms with Crippen LogP contribution in [0.25, 0.3) is 10.9 Å². The van der Waals surface area contributed by atoms with Crippen molar-refractivity contribution in [3.8, 4) is 11.5 Å². The van der Waals surface area contributed by atoms with Crippen molar-refractivity contribution in [1.29, 1.82) is 0 Å². The zero-order valence-corrected chi connectivity index (χ0v) is 17.0. The number of likely N-dealkylation sites (N-methyl/N-ethyl adjacent to an activating group) is 1. The summed E-state index contributed by atoms with van der Waals surface area (Å²) in [5, 5.41) is 13.9. The van der Waals surface area contributed by atoms with Crippen molar-refractivity contribution in [3.05, 3.63) is 52.6 Å². The molecule has 162 valence electrons. The Morgan fingerprint density at radius 2 is 2.23 bits per heavy atom. The second kappa shape index (κ2) is 6.74. The summed E-state index contributed by atoms with van der Waals surface area (Å²) >= 11 is 0. The number of aromatic nitrogens is 1. The number of hydrogen-bond donors (Lipinski definition) is 2. The van der Waals surface area contributed by atoms with E-state index in [-0.39, 0.29) is 35.0 Å². The zero-order chi connectivity index (χ0) is 21.9. The van der Waals surface area contributed by atoms with E-state index in [0.29, 0.717) is 18.6 Å². The smallest absolute Gasteiger partial charge is 0.467 e. The van der Waals surface area contributed by atoms with E-state index in [4.69, 9.17) is 9.84 Å². The molecule has 10 heteroatoms. The molecule has 0 spiro atoms. The molecule has 1 fully saturated rings. The van der Waals surface area contributed by atoms with E-state index in [1.54, 1.807) is 16.7 Å². The second-order valence-electron chi connectivity index (χ2n) is 7.92. The summed E-state index contributed by atoms with van der Waals surface area (Å²) in [6.45, 7) is 1.18.